The smallest absolute Gasteiger partial charge is 0.398 e. The van der Waals surface area contributed by atoms with Crippen LogP contribution in [-0.2, 0) is 4.84 Å². The van der Waals surface area contributed by atoms with E-state index < -0.39 is 5.97 Å². The first kappa shape index (κ1) is 10.5. The highest BCUT2D eigenvalue weighted by Gasteiger charge is 2.11. The van der Waals surface area contributed by atoms with Crippen LogP contribution in [0.2, 0.25) is 0 Å². The molecule has 0 saturated heterocycles. The summed E-state index contributed by atoms with van der Waals surface area (Å²) in [6, 6.07) is 6.91. The van der Waals surface area contributed by atoms with Gasteiger partial charge in [0.25, 0.3) is 0 Å². The summed E-state index contributed by atoms with van der Waals surface area (Å²) < 4.78 is 4.88. The van der Waals surface area contributed by atoms with Gasteiger partial charge in [0.2, 0.25) is 5.76 Å². The average molecular weight is 235 g/mol. The maximum atomic E-state index is 11.4. The van der Waals surface area contributed by atoms with Gasteiger partial charge in [-0.05, 0) is 23.6 Å². The van der Waals surface area contributed by atoms with Crippen LogP contribution < -0.4 is 5.48 Å². The molecule has 16 heavy (non-hydrogen) atoms. The van der Waals surface area contributed by atoms with E-state index >= 15 is 0 Å². The second kappa shape index (κ2) is 4.67. The Morgan fingerprint density at radius 2 is 2.31 bits per heavy atom. The van der Waals surface area contributed by atoms with Crippen molar-refractivity contribution >= 4 is 23.0 Å². The molecular formula is C11H9NO3S. The van der Waals surface area contributed by atoms with Gasteiger partial charge in [-0.1, -0.05) is 12.6 Å². The summed E-state index contributed by atoms with van der Waals surface area (Å²) in [6.45, 7) is 3.74. The highest BCUT2D eigenvalue weighted by atomic mass is 32.1. The van der Waals surface area contributed by atoms with E-state index in [1.807, 2.05) is 17.5 Å². The lowest BCUT2D eigenvalue weighted by molar-refractivity contribution is 0.0333. The van der Waals surface area contributed by atoms with Gasteiger partial charge in [0.1, 0.15) is 0 Å². The van der Waals surface area contributed by atoms with Crippen molar-refractivity contribution in [3.05, 3.63) is 53.1 Å². The number of hydroxylamine groups is 1. The van der Waals surface area contributed by atoms with E-state index in [4.69, 9.17) is 9.25 Å². The molecule has 0 spiro atoms. The van der Waals surface area contributed by atoms with Gasteiger partial charge in [0.15, 0.2) is 0 Å². The van der Waals surface area contributed by atoms with Crippen molar-refractivity contribution in [1.82, 2.24) is 5.48 Å². The Morgan fingerprint density at radius 3 is 2.94 bits per heavy atom. The number of hydrogen-bond donors (Lipinski definition) is 1. The zero-order chi connectivity index (χ0) is 11.4. The molecule has 0 atom stereocenters. The largest absolute Gasteiger partial charge is 0.457 e. The Morgan fingerprint density at radius 1 is 1.44 bits per heavy atom. The molecular weight excluding hydrogens is 226 g/mol. The molecule has 4 nitrogen and oxygen atoms in total. The summed E-state index contributed by atoms with van der Waals surface area (Å²) >= 11 is 1.50. The molecule has 2 heterocycles. The predicted molar refractivity (Wildman–Crippen MR) is 60.6 cm³/mol. The van der Waals surface area contributed by atoms with Crippen molar-refractivity contribution in [1.29, 1.82) is 0 Å². The highest BCUT2D eigenvalue weighted by Crippen LogP contribution is 2.16. The van der Waals surface area contributed by atoms with Crippen molar-refractivity contribution in [2.24, 2.45) is 0 Å². The Hall–Kier alpha value is -2.01. The number of rotatable bonds is 4. The summed E-state index contributed by atoms with van der Waals surface area (Å²) in [5, 5.41) is 1.91. The summed E-state index contributed by atoms with van der Waals surface area (Å²) in [5.74, 6) is -0.436. The van der Waals surface area contributed by atoms with Crippen molar-refractivity contribution < 1.29 is 14.0 Å². The zero-order valence-corrected chi connectivity index (χ0v) is 9.12. The van der Waals surface area contributed by atoms with E-state index in [0.717, 1.165) is 4.88 Å². The minimum absolute atomic E-state index is 0.145. The summed E-state index contributed by atoms with van der Waals surface area (Å²) in [4.78, 5) is 17.1. The fraction of sp³-hybridized carbons (Fsp3) is 0. The fourth-order valence-electron chi connectivity index (χ4n) is 1.05. The van der Waals surface area contributed by atoms with Crippen LogP contribution in [-0.4, -0.2) is 5.97 Å². The SMILES string of the molecule is C=C(NOC(=O)c1ccco1)c1cccs1. The molecule has 0 radical (unpaired) electrons. The molecule has 0 aliphatic heterocycles. The Labute approximate surface area is 96.1 Å². The molecule has 2 aromatic heterocycles. The van der Waals surface area contributed by atoms with Gasteiger partial charge in [-0.15, -0.1) is 11.3 Å². The first-order valence-corrected chi connectivity index (χ1v) is 5.39. The standard InChI is InChI=1S/C11H9NO3S/c1-8(10-5-3-7-16-10)12-15-11(13)9-4-2-6-14-9/h2-7,12H,1H2. The van der Waals surface area contributed by atoms with Crippen LogP contribution in [0.25, 0.3) is 5.70 Å². The summed E-state index contributed by atoms with van der Waals surface area (Å²) in [5.41, 5.74) is 3.02. The van der Waals surface area contributed by atoms with E-state index in [1.54, 1.807) is 6.07 Å². The lowest BCUT2D eigenvalue weighted by Gasteiger charge is -2.06. The average Bonchev–Trinajstić information content (AvgIpc) is 2.95. The van der Waals surface area contributed by atoms with Gasteiger partial charge >= 0.3 is 5.97 Å². The quantitative estimate of drug-likeness (QED) is 0.828. The number of thiophene rings is 1. The fourth-order valence-corrected chi connectivity index (χ4v) is 1.70. The maximum absolute atomic E-state index is 11.4. The third kappa shape index (κ3) is 2.32. The van der Waals surface area contributed by atoms with E-state index in [1.165, 1.54) is 23.7 Å². The van der Waals surface area contributed by atoms with Crippen LogP contribution in [0.5, 0.6) is 0 Å². The van der Waals surface area contributed by atoms with Crippen LogP contribution in [0.15, 0.2) is 46.9 Å². The highest BCUT2D eigenvalue weighted by molar-refractivity contribution is 7.11. The molecule has 2 rings (SSSR count). The second-order valence-corrected chi connectivity index (χ2v) is 3.87. The van der Waals surface area contributed by atoms with Crippen molar-refractivity contribution in [2.45, 2.75) is 0 Å². The molecule has 1 N–H and O–H groups in total. The van der Waals surface area contributed by atoms with Crippen LogP contribution in [0.3, 0.4) is 0 Å². The van der Waals surface area contributed by atoms with Crippen LogP contribution >= 0.6 is 11.3 Å². The van der Waals surface area contributed by atoms with Gasteiger partial charge in [0, 0.05) is 0 Å². The molecule has 0 unspecified atom stereocenters. The lowest BCUT2D eigenvalue weighted by atomic mass is 10.4. The summed E-state index contributed by atoms with van der Waals surface area (Å²) in [7, 11) is 0. The molecule has 0 fully saturated rings. The predicted octanol–water partition coefficient (Wildman–Crippen LogP) is 2.67. The van der Waals surface area contributed by atoms with Crippen LogP contribution in [0.4, 0.5) is 0 Å². The maximum Gasteiger partial charge on any atom is 0.398 e. The van der Waals surface area contributed by atoms with Gasteiger partial charge in [-0.2, -0.15) is 0 Å². The molecule has 0 bridgehead atoms. The third-order valence-corrected chi connectivity index (χ3v) is 2.74. The molecule has 0 aliphatic rings. The van der Waals surface area contributed by atoms with Crippen molar-refractivity contribution in [3.63, 3.8) is 0 Å². The van der Waals surface area contributed by atoms with Crippen molar-refractivity contribution in [2.75, 3.05) is 0 Å². The number of nitrogens with one attached hydrogen (secondary N) is 1. The van der Waals surface area contributed by atoms with Gasteiger partial charge in [-0.25, -0.2) is 10.3 Å². The Balaban J connectivity index is 1.89. The summed E-state index contributed by atoms with van der Waals surface area (Å²) in [6.07, 6.45) is 1.41. The second-order valence-electron chi connectivity index (χ2n) is 2.92. The topological polar surface area (TPSA) is 51.5 Å². The zero-order valence-electron chi connectivity index (χ0n) is 8.30. The van der Waals surface area contributed by atoms with E-state index in [9.17, 15) is 4.79 Å². The number of furan rings is 1. The molecule has 0 saturated carbocycles. The van der Waals surface area contributed by atoms with E-state index in [0.29, 0.717) is 5.70 Å². The van der Waals surface area contributed by atoms with Crippen LogP contribution in [0.1, 0.15) is 15.4 Å². The van der Waals surface area contributed by atoms with Gasteiger partial charge < -0.3 is 9.25 Å². The van der Waals surface area contributed by atoms with Gasteiger partial charge in [0.05, 0.1) is 16.8 Å². The molecule has 5 heteroatoms. The first-order chi connectivity index (χ1) is 7.77. The number of carbonyl (C=O) groups excluding carboxylic acids is 1. The normalized spacial score (nSPS) is 9.75. The molecule has 0 amide bonds. The van der Waals surface area contributed by atoms with Crippen molar-refractivity contribution in [3.8, 4) is 0 Å². The molecule has 0 aromatic carbocycles. The van der Waals surface area contributed by atoms with Crippen LogP contribution in [0, 0.1) is 0 Å². The molecule has 2 aromatic rings. The lowest BCUT2D eigenvalue weighted by Crippen LogP contribution is -2.17. The minimum Gasteiger partial charge on any atom is -0.457 e. The monoisotopic (exact) mass is 235 g/mol. The van der Waals surface area contributed by atoms with E-state index in [2.05, 4.69) is 12.1 Å². The molecule has 82 valence electrons. The first-order valence-electron chi connectivity index (χ1n) is 4.51. The third-order valence-electron chi connectivity index (χ3n) is 1.81. The van der Waals surface area contributed by atoms with Gasteiger partial charge in [-0.3, -0.25) is 0 Å². The Bertz CT molecular complexity index is 427. The number of hydrogen-bond acceptors (Lipinski definition) is 5. The number of carbonyl (C=O) groups is 1. The Kier molecular flexibility index (Phi) is 3.07. The minimum atomic E-state index is -0.581. The van der Waals surface area contributed by atoms with E-state index in [-0.39, 0.29) is 5.76 Å². The molecule has 0 aliphatic carbocycles.